The maximum Gasteiger partial charge on any atom is 0.191 e. The van der Waals surface area contributed by atoms with E-state index in [-0.39, 0.29) is 4.75 Å². The van der Waals surface area contributed by atoms with Crippen molar-refractivity contribution in [2.75, 3.05) is 26.3 Å². The molecule has 0 saturated carbocycles. The van der Waals surface area contributed by atoms with Crippen LogP contribution in [-0.2, 0) is 11.3 Å². The first-order chi connectivity index (χ1) is 9.94. The quantitative estimate of drug-likeness (QED) is 0.526. The number of hydrogen-bond acceptors (Lipinski definition) is 4. The fourth-order valence-electron chi connectivity index (χ4n) is 1.98. The molecule has 0 aliphatic carbocycles. The Balaban J connectivity index is 1.97. The number of pyridine rings is 1. The molecule has 0 spiro atoms. The largest absolute Gasteiger partial charge is 0.378 e. The van der Waals surface area contributed by atoms with Gasteiger partial charge in [-0.3, -0.25) is 0 Å². The Kier molecular flexibility index (Phi) is 5.47. The molecule has 1 aromatic rings. The number of thioether (sulfide) groups is 1. The molecule has 2 rings (SSSR count). The molecule has 2 heterocycles. The van der Waals surface area contributed by atoms with E-state index in [1.165, 1.54) is 0 Å². The van der Waals surface area contributed by atoms with E-state index in [1.807, 2.05) is 12.3 Å². The van der Waals surface area contributed by atoms with Gasteiger partial charge in [0.15, 0.2) is 5.96 Å². The highest BCUT2D eigenvalue weighted by atomic mass is 32.2. The third-order valence-corrected chi connectivity index (χ3v) is 4.01. The Bertz CT molecular complexity index is 493. The molecule has 2 N–H and O–H groups in total. The smallest absolute Gasteiger partial charge is 0.191 e. The normalized spacial score (nSPS) is 17.1. The predicted molar refractivity (Wildman–Crippen MR) is 87.6 cm³/mol. The van der Waals surface area contributed by atoms with Crippen molar-refractivity contribution in [3.05, 3.63) is 23.9 Å². The van der Waals surface area contributed by atoms with E-state index in [4.69, 9.17) is 10.5 Å². The summed E-state index contributed by atoms with van der Waals surface area (Å²) >= 11 is 1.76. The van der Waals surface area contributed by atoms with Gasteiger partial charge in [-0.1, -0.05) is 20.8 Å². The minimum Gasteiger partial charge on any atom is -0.378 e. The number of hydrogen-bond donors (Lipinski definition) is 1. The zero-order valence-corrected chi connectivity index (χ0v) is 13.8. The van der Waals surface area contributed by atoms with Crippen LogP contribution in [0, 0.1) is 0 Å². The first kappa shape index (κ1) is 16.1. The standard InChI is InChI=1S/C15H24N4OS/c1-15(2,3)21-13-10-12(4-5-17-13)11-18-14(16)19-6-8-20-9-7-19/h4-5,10H,6-9,11H2,1-3H3,(H2,16,18). The summed E-state index contributed by atoms with van der Waals surface area (Å²) in [7, 11) is 0. The molecular formula is C15H24N4OS. The average molecular weight is 308 g/mol. The van der Waals surface area contributed by atoms with Gasteiger partial charge in [0.2, 0.25) is 0 Å². The average Bonchev–Trinajstić information content (AvgIpc) is 2.44. The van der Waals surface area contributed by atoms with E-state index in [9.17, 15) is 0 Å². The van der Waals surface area contributed by atoms with Gasteiger partial charge in [0, 0.05) is 24.0 Å². The molecule has 1 aromatic heterocycles. The lowest BCUT2D eigenvalue weighted by Gasteiger charge is -2.27. The van der Waals surface area contributed by atoms with Crippen molar-refractivity contribution in [1.82, 2.24) is 9.88 Å². The van der Waals surface area contributed by atoms with Crippen LogP contribution in [0.3, 0.4) is 0 Å². The zero-order valence-electron chi connectivity index (χ0n) is 13.0. The molecule has 5 nitrogen and oxygen atoms in total. The maximum absolute atomic E-state index is 6.04. The van der Waals surface area contributed by atoms with E-state index >= 15 is 0 Å². The Morgan fingerprint density at radius 1 is 1.43 bits per heavy atom. The van der Waals surface area contributed by atoms with Crippen molar-refractivity contribution < 1.29 is 4.74 Å². The molecule has 0 amide bonds. The van der Waals surface area contributed by atoms with E-state index in [0.717, 1.165) is 36.9 Å². The van der Waals surface area contributed by atoms with Crippen LogP contribution in [0.2, 0.25) is 0 Å². The molecule has 1 fully saturated rings. The second-order valence-electron chi connectivity index (χ2n) is 5.99. The van der Waals surface area contributed by atoms with Crippen molar-refractivity contribution in [3.63, 3.8) is 0 Å². The summed E-state index contributed by atoms with van der Waals surface area (Å²) in [5.41, 5.74) is 7.17. The van der Waals surface area contributed by atoms with E-state index in [1.54, 1.807) is 11.8 Å². The lowest BCUT2D eigenvalue weighted by Crippen LogP contribution is -2.44. The summed E-state index contributed by atoms with van der Waals surface area (Å²) in [4.78, 5) is 10.9. The maximum atomic E-state index is 6.04. The molecule has 1 aliphatic rings. The molecule has 1 aliphatic heterocycles. The first-order valence-corrected chi connectivity index (χ1v) is 8.02. The summed E-state index contributed by atoms with van der Waals surface area (Å²) in [6.45, 7) is 10.2. The molecule has 1 saturated heterocycles. The molecule has 0 aromatic carbocycles. The summed E-state index contributed by atoms with van der Waals surface area (Å²) in [5.74, 6) is 0.597. The fourth-order valence-corrected chi connectivity index (χ4v) is 2.93. The second-order valence-corrected chi connectivity index (χ2v) is 7.84. The zero-order chi connectivity index (χ0) is 15.3. The van der Waals surface area contributed by atoms with Crippen molar-refractivity contribution in [2.45, 2.75) is 37.1 Å². The Morgan fingerprint density at radius 2 is 2.14 bits per heavy atom. The monoisotopic (exact) mass is 308 g/mol. The molecule has 6 heteroatoms. The highest BCUT2D eigenvalue weighted by molar-refractivity contribution is 8.00. The van der Waals surface area contributed by atoms with Crippen LogP contribution < -0.4 is 5.73 Å². The SMILES string of the molecule is CC(C)(C)Sc1cc(CN=C(N)N2CCOCC2)ccn1. The minimum absolute atomic E-state index is 0.154. The molecule has 21 heavy (non-hydrogen) atoms. The number of guanidine groups is 1. The second kappa shape index (κ2) is 7.13. The number of rotatable bonds is 3. The molecule has 0 radical (unpaired) electrons. The third-order valence-electron chi connectivity index (χ3n) is 2.97. The van der Waals surface area contributed by atoms with Gasteiger partial charge in [-0.25, -0.2) is 9.98 Å². The third kappa shape index (κ3) is 5.55. The first-order valence-electron chi connectivity index (χ1n) is 7.20. The molecular weight excluding hydrogens is 284 g/mol. The molecule has 0 bridgehead atoms. The van der Waals surface area contributed by atoms with Gasteiger partial charge in [0.1, 0.15) is 0 Å². The molecule has 0 unspecified atom stereocenters. The van der Waals surface area contributed by atoms with Gasteiger partial charge in [-0.05, 0) is 17.7 Å². The van der Waals surface area contributed by atoms with Crippen molar-refractivity contribution >= 4 is 17.7 Å². The predicted octanol–water partition coefficient (Wildman–Crippen LogP) is 2.12. The van der Waals surface area contributed by atoms with Gasteiger partial charge in [-0.15, -0.1) is 11.8 Å². The molecule has 116 valence electrons. The topological polar surface area (TPSA) is 63.7 Å². The van der Waals surface area contributed by atoms with Gasteiger partial charge >= 0.3 is 0 Å². The lowest BCUT2D eigenvalue weighted by molar-refractivity contribution is 0.0674. The lowest BCUT2D eigenvalue weighted by atomic mass is 10.3. The van der Waals surface area contributed by atoms with Gasteiger partial charge in [-0.2, -0.15) is 0 Å². The van der Waals surface area contributed by atoms with Crippen molar-refractivity contribution in [3.8, 4) is 0 Å². The fraction of sp³-hybridized carbons (Fsp3) is 0.600. The van der Waals surface area contributed by atoms with Crippen LogP contribution in [0.1, 0.15) is 26.3 Å². The highest BCUT2D eigenvalue weighted by Gasteiger charge is 2.14. The number of aromatic nitrogens is 1. The number of morpholine rings is 1. The number of ether oxygens (including phenoxy) is 1. The van der Waals surface area contributed by atoms with Crippen molar-refractivity contribution in [2.24, 2.45) is 10.7 Å². The minimum atomic E-state index is 0.154. The van der Waals surface area contributed by atoms with Crippen LogP contribution in [0.4, 0.5) is 0 Å². The van der Waals surface area contributed by atoms with Crippen molar-refractivity contribution in [1.29, 1.82) is 0 Å². The Morgan fingerprint density at radius 3 is 2.81 bits per heavy atom. The number of nitrogens with zero attached hydrogens (tertiary/aromatic N) is 3. The van der Waals surface area contributed by atoms with E-state index in [0.29, 0.717) is 12.5 Å². The summed E-state index contributed by atoms with van der Waals surface area (Å²) in [6, 6.07) is 4.08. The van der Waals surface area contributed by atoms with Gasteiger partial charge in [0.25, 0.3) is 0 Å². The van der Waals surface area contributed by atoms with Crippen LogP contribution in [0.15, 0.2) is 28.3 Å². The van der Waals surface area contributed by atoms with E-state index in [2.05, 4.69) is 41.7 Å². The molecule has 0 atom stereocenters. The van der Waals surface area contributed by atoms with Crippen LogP contribution >= 0.6 is 11.8 Å². The Labute approximate surface area is 131 Å². The Hall–Kier alpha value is -1.27. The van der Waals surface area contributed by atoms with Gasteiger partial charge < -0.3 is 15.4 Å². The summed E-state index contributed by atoms with van der Waals surface area (Å²) < 4.78 is 5.47. The van der Waals surface area contributed by atoms with Gasteiger partial charge in [0.05, 0.1) is 24.8 Å². The van der Waals surface area contributed by atoms with Crippen LogP contribution in [0.25, 0.3) is 0 Å². The number of nitrogens with two attached hydrogens (primary N) is 1. The van der Waals surface area contributed by atoms with Crippen LogP contribution in [-0.4, -0.2) is 46.9 Å². The van der Waals surface area contributed by atoms with E-state index < -0.39 is 0 Å². The van der Waals surface area contributed by atoms with Crippen LogP contribution in [0.5, 0.6) is 0 Å². The number of aliphatic imine (C=N–C) groups is 1. The highest BCUT2D eigenvalue weighted by Crippen LogP contribution is 2.30. The summed E-state index contributed by atoms with van der Waals surface area (Å²) in [6.07, 6.45) is 1.84. The summed E-state index contributed by atoms with van der Waals surface area (Å²) in [5, 5.41) is 1.03.